The average Bonchev–Trinajstić information content (AvgIpc) is 2.74. The number of unbranched alkanes of at least 4 members (excludes halogenated alkanes) is 3. The smallest absolute Gasteiger partial charge is 0.123 e. The maximum atomic E-state index is 13.0. The highest BCUT2D eigenvalue weighted by molar-refractivity contribution is 5.15. The van der Waals surface area contributed by atoms with Crippen LogP contribution in [0.15, 0.2) is 24.3 Å². The number of rotatable bonds is 10. The Balaban J connectivity index is 1.25. The van der Waals surface area contributed by atoms with Crippen LogP contribution in [0.25, 0.3) is 0 Å². The molecule has 0 bridgehead atoms. The van der Waals surface area contributed by atoms with Crippen LogP contribution >= 0.6 is 0 Å². The summed E-state index contributed by atoms with van der Waals surface area (Å²) >= 11 is 0. The van der Waals surface area contributed by atoms with Crippen LogP contribution in [-0.2, 0) is 6.42 Å². The van der Waals surface area contributed by atoms with Crippen LogP contribution in [0.5, 0.6) is 0 Å². The Morgan fingerprint density at radius 1 is 0.679 bits per heavy atom. The van der Waals surface area contributed by atoms with Crippen molar-refractivity contribution in [1.29, 1.82) is 0 Å². The van der Waals surface area contributed by atoms with E-state index in [0.717, 1.165) is 30.1 Å². The van der Waals surface area contributed by atoms with E-state index in [9.17, 15) is 4.39 Å². The molecule has 2 aliphatic carbocycles. The number of hydrogen-bond acceptors (Lipinski definition) is 0. The number of aryl methyl sites for hydroxylation is 1. The fourth-order valence-corrected chi connectivity index (χ4v) is 5.99. The molecule has 0 amide bonds. The van der Waals surface area contributed by atoms with E-state index in [1.54, 1.807) is 12.1 Å². The van der Waals surface area contributed by atoms with Crippen molar-refractivity contribution in [2.45, 2.75) is 110 Å². The highest BCUT2D eigenvalue weighted by atomic mass is 19.1. The first-order valence-corrected chi connectivity index (χ1v) is 12.5. The molecule has 1 heteroatoms. The zero-order chi connectivity index (χ0) is 19.6. The van der Waals surface area contributed by atoms with Crippen molar-refractivity contribution in [1.82, 2.24) is 0 Å². The molecule has 2 fully saturated rings. The molecule has 0 radical (unpaired) electrons. The monoisotopic (exact) mass is 386 g/mol. The Morgan fingerprint density at radius 2 is 1.18 bits per heavy atom. The summed E-state index contributed by atoms with van der Waals surface area (Å²) in [5.41, 5.74) is 1.29. The molecular weight excluding hydrogens is 343 g/mol. The van der Waals surface area contributed by atoms with Crippen LogP contribution < -0.4 is 0 Å². The minimum atomic E-state index is -0.120. The van der Waals surface area contributed by atoms with Crippen molar-refractivity contribution in [2.24, 2.45) is 23.7 Å². The van der Waals surface area contributed by atoms with Crippen LogP contribution in [0.4, 0.5) is 4.39 Å². The molecule has 0 saturated heterocycles. The summed E-state index contributed by atoms with van der Waals surface area (Å²) in [7, 11) is 0. The van der Waals surface area contributed by atoms with Gasteiger partial charge in [0.15, 0.2) is 0 Å². The SMILES string of the molecule is CCCCCC1CCC(C2CCC(CCCCc3ccc(F)cc3)CC2)CC1. The topological polar surface area (TPSA) is 0 Å². The van der Waals surface area contributed by atoms with Gasteiger partial charge in [0.2, 0.25) is 0 Å². The summed E-state index contributed by atoms with van der Waals surface area (Å²) < 4.78 is 13.0. The van der Waals surface area contributed by atoms with E-state index in [0.29, 0.717) is 0 Å². The second-order valence-corrected chi connectivity index (χ2v) is 9.93. The maximum Gasteiger partial charge on any atom is 0.123 e. The van der Waals surface area contributed by atoms with E-state index in [-0.39, 0.29) is 5.82 Å². The predicted octanol–water partition coefficient (Wildman–Crippen LogP) is 8.73. The predicted molar refractivity (Wildman–Crippen MR) is 119 cm³/mol. The van der Waals surface area contributed by atoms with Gasteiger partial charge in [0, 0.05) is 0 Å². The quantitative estimate of drug-likeness (QED) is 0.353. The molecule has 1 aromatic rings. The molecule has 158 valence electrons. The molecular formula is C27H43F. The Bertz CT molecular complexity index is 518. The van der Waals surface area contributed by atoms with Gasteiger partial charge >= 0.3 is 0 Å². The lowest BCUT2D eigenvalue weighted by molar-refractivity contribution is 0.139. The Kier molecular flexibility index (Phi) is 9.35. The first-order valence-electron chi connectivity index (χ1n) is 12.5. The lowest BCUT2D eigenvalue weighted by Gasteiger charge is -2.38. The van der Waals surface area contributed by atoms with Gasteiger partial charge in [-0.05, 0) is 79.9 Å². The van der Waals surface area contributed by atoms with Gasteiger partial charge in [0.1, 0.15) is 5.82 Å². The van der Waals surface area contributed by atoms with Crippen LogP contribution in [0.2, 0.25) is 0 Å². The van der Waals surface area contributed by atoms with Gasteiger partial charge in [0.05, 0.1) is 0 Å². The third kappa shape index (κ3) is 7.20. The van der Waals surface area contributed by atoms with Crippen molar-refractivity contribution < 1.29 is 4.39 Å². The van der Waals surface area contributed by atoms with Crippen molar-refractivity contribution >= 4 is 0 Å². The molecule has 1 aromatic carbocycles. The molecule has 0 unspecified atom stereocenters. The van der Waals surface area contributed by atoms with E-state index in [1.807, 2.05) is 12.1 Å². The van der Waals surface area contributed by atoms with Crippen LogP contribution in [0.1, 0.15) is 109 Å². The fraction of sp³-hybridized carbons (Fsp3) is 0.778. The Labute approximate surface area is 173 Å². The molecule has 0 spiro atoms. The first-order chi connectivity index (χ1) is 13.7. The van der Waals surface area contributed by atoms with E-state index in [4.69, 9.17) is 0 Å². The van der Waals surface area contributed by atoms with Crippen LogP contribution in [-0.4, -0.2) is 0 Å². The van der Waals surface area contributed by atoms with Gasteiger partial charge in [0.25, 0.3) is 0 Å². The summed E-state index contributed by atoms with van der Waals surface area (Å²) in [6, 6.07) is 7.07. The molecule has 0 heterocycles. The molecule has 3 rings (SSSR count). The summed E-state index contributed by atoms with van der Waals surface area (Å²) in [6.45, 7) is 2.32. The molecule has 0 nitrogen and oxygen atoms in total. The van der Waals surface area contributed by atoms with Gasteiger partial charge in [-0.3, -0.25) is 0 Å². The molecule has 0 aromatic heterocycles. The lowest BCUT2D eigenvalue weighted by Crippen LogP contribution is -2.25. The van der Waals surface area contributed by atoms with Crippen molar-refractivity contribution in [3.63, 3.8) is 0 Å². The lowest BCUT2D eigenvalue weighted by atomic mass is 9.68. The van der Waals surface area contributed by atoms with Crippen molar-refractivity contribution in [3.8, 4) is 0 Å². The highest BCUT2D eigenvalue weighted by Crippen LogP contribution is 2.43. The Hall–Kier alpha value is -0.850. The Morgan fingerprint density at radius 3 is 1.68 bits per heavy atom. The summed E-state index contributed by atoms with van der Waals surface area (Å²) in [5, 5.41) is 0. The van der Waals surface area contributed by atoms with Crippen molar-refractivity contribution in [2.75, 3.05) is 0 Å². The minimum Gasteiger partial charge on any atom is -0.207 e. The molecule has 28 heavy (non-hydrogen) atoms. The van der Waals surface area contributed by atoms with Gasteiger partial charge in [-0.25, -0.2) is 4.39 Å². The van der Waals surface area contributed by atoms with E-state index < -0.39 is 0 Å². The second kappa shape index (κ2) is 12.0. The number of hydrogen-bond donors (Lipinski definition) is 0. The summed E-state index contributed by atoms with van der Waals surface area (Å²) in [6.07, 6.45) is 23.0. The summed E-state index contributed by atoms with van der Waals surface area (Å²) in [5.74, 6) is 4.02. The van der Waals surface area contributed by atoms with E-state index >= 15 is 0 Å². The molecule has 0 atom stereocenters. The van der Waals surface area contributed by atoms with Crippen LogP contribution in [0, 0.1) is 29.5 Å². The first kappa shape index (κ1) is 21.8. The largest absolute Gasteiger partial charge is 0.207 e. The van der Waals surface area contributed by atoms with Gasteiger partial charge in [-0.2, -0.15) is 0 Å². The van der Waals surface area contributed by atoms with Gasteiger partial charge in [-0.1, -0.05) is 83.3 Å². The molecule has 2 saturated carbocycles. The fourth-order valence-electron chi connectivity index (χ4n) is 5.99. The van der Waals surface area contributed by atoms with E-state index in [2.05, 4.69) is 6.92 Å². The number of benzene rings is 1. The maximum absolute atomic E-state index is 13.0. The molecule has 2 aliphatic rings. The van der Waals surface area contributed by atoms with Crippen LogP contribution in [0.3, 0.4) is 0 Å². The third-order valence-corrected chi connectivity index (χ3v) is 7.91. The normalized spacial score (nSPS) is 28.4. The summed E-state index contributed by atoms with van der Waals surface area (Å²) in [4.78, 5) is 0. The molecule has 0 N–H and O–H groups in total. The van der Waals surface area contributed by atoms with Gasteiger partial charge < -0.3 is 0 Å². The standard InChI is InChI=1S/C27H43F/c1-2-3-4-7-22-10-16-25(17-11-22)26-18-12-23(13-19-26)8-5-6-9-24-14-20-27(28)21-15-24/h14-15,20-23,25-26H,2-13,16-19H2,1H3. The van der Waals surface area contributed by atoms with Gasteiger partial charge in [-0.15, -0.1) is 0 Å². The average molecular weight is 387 g/mol. The molecule has 0 aliphatic heterocycles. The second-order valence-electron chi connectivity index (χ2n) is 9.93. The minimum absolute atomic E-state index is 0.120. The zero-order valence-electron chi connectivity index (χ0n) is 18.3. The van der Waals surface area contributed by atoms with Crippen molar-refractivity contribution in [3.05, 3.63) is 35.6 Å². The van der Waals surface area contributed by atoms with E-state index in [1.165, 1.54) is 102 Å². The zero-order valence-corrected chi connectivity index (χ0v) is 18.3. The number of halogens is 1. The highest BCUT2D eigenvalue weighted by Gasteiger charge is 2.30. The third-order valence-electron chi connectivity index (χ3n) is 7.91.